The summed E-state index contributed by atoms with van der Waals surface area (Å²) in [5, 5.41) is 3.26. The highest BCUT2D eigenvalue weighted by molar-refractivity contribution is 9.10. The van der Waals surface area contributed by atoms with Gasteiger partial charge in [-0.2, -0.15) is 0 Å². The van der Waals surface area contributed by atoms with E-state index in [1.54, 1.807) is 13.2 Å². The van der Waals surface area contributed by atoms with Crippen LogP contribution in [0.2, 0.25) is 0 Å². The van der Waals surface area contributed by atoms with E-state index >= 15 is 0 Å². The molecular weight excluding hydrogens is 321 g/mol. The summed E-state index contributed by atoms with van der Waals surface area (Å²) in [6, 6.07) is 11.3. The predicted molar refractivity (Wildman–Crippen MR) is 82.7 cm³/mol. The molecule has 0 spiro atoms. The highest BCUT2D eigenvalue weighted by atomic mass is 79.9. The van der Waals surface area contributed by atoms with E-state index in [1.807, 2.05) is 32.2 Å². The third-order valence-electron chi connectivity index (χ3n) is 3.25. The molecule has 1 unspecified atom stereocenters. The molecular formula is C16H17BrFNO. The Kier molecular flexibility index (Phi) is 4.78. The molecule has 0 saturated heterocycles. The van der Waals surface area contributed by atoms with Crippen LogP contribution < -0.4 is 10.1 Å². The van der Waals surface area contributed by atoms with Crippen molar-refractivity contribution in [2.75, 3.05) is 14.2 Å². The fourth-order valence-corrected chi connectivity index (χ4v) is 2.66. The van der Waals surface area contributed by atoms with Gasteiger partial charge in [0.2, 0.25) is 0 Å². The molecule has 1 N–H and O–H groups in total. The Morgan fingerprint density at radius 2 is 2.00 bits per heavy atom. The Morgan fingerprint density at radius 3 is 2.60 bits per heavy atom. The maximum absolute atomic E-state index is 13.6. The van der Waals surface area contributed by atoms with Crippen LogP contribution in [0.5, 0.6) is 5.75 Å². The van der Waals surface area contributed by atoms with Crippen molar-refractivity contribution in [1.82, 2.24) is 5.32 Å². The van der Waals surface area contributed by atoms with Crippen LogP contribution in [-0.4, -0.2) is 14.2 Å². The number of rotatable bonds is 4. The first-order valence-corrected chi connectivity index (χ1v) is 7.13. The molecule has 0 aromatic heterocycles. The second-order valence-corrected chi connectivity index (χ2v) is 5.50. The smallest absolute Gasteiger partial charge is 0.141 e. The fourth-order valence-electron chi connectivity index (χ4n) is 2.30. The molecule has 0 aliphatic carbocycles. The third kappa shape index (κ3) is 3.02. The van der Waals surface area contributed by atoms with Gasteiger partial charge in [0.15, 0.2) is 0 Å². The van der Waals surface area contributed by atoms with Gasteiger partial charge in [0.1, 0.15) is 11.6 Å². The van der Waals surface area contributed by atoms with Crippen molar-refractivity contribution in [1.29, 1.82) is 0 Å². The fraction of sp³-hybridized carbons (Fsp3) is 0.250. The van der Waals surface area contributed by atoms with Gasteiger partial charge in [0, 0.05) is 11.6 Å². The molecule has 2 aromatic carbocycles. The molecule has 0 aliphatic heterocycles. The summed E-state index contributed by atoms with van der Waals surface area (Å²) in [6.45, 7) is 2.05. The standard InChI is InChI=1S/C16H17BrFNO/c1-10-5-4-6-11(7-10)16(19-2)12-8-13(17)14(18)9-15(12)20-3/h4-9,16,19H,1-3H3. The Morgan fingerprint density at radius 1 is 1.25 bits per heavy atom. The van der Waals surface area contributed by atoms with Crippen LogP contribution in [0.15, 0.2) is 40.9 Å². The van der Waals surface area contributed by atoms with Crippen molar-refractivity contribution in [2.45, 2.75) is 13.0 Å². The van der Waals surface area contributed by atoms with Crippen molar-refractivity contribution >= 4 is 15.9 Å². The number of hydrogen-bond acceptors (Lipinski definition) is 2. The quantitative estimate of drug-likeness (QED) is 0.902. The van der Waals surface area contributed by atoms with E-state index < -0.39 is 0 Å². The topological polar surface area (TPSA) is 21.3 Å². The summed E-state index contributed by atoms with van der Waals surface area (Å²) < 4.78 is 19.4. The molecule has 2 aromatic rings. The lowest BCUT2D eigenvalue weighted by Crippen LogP contribution is -2.18. The minimum Gasteiger partial charge on any atom is -0.496 e. The molecule has 20 heavy (non-hydrogen) atoms. The monoisotopic (exact) mass is 337 g/mol. The Hall–Kier alpha value is -1.39. The Balaban J connectivity index is 2.54. The summed E-state index contributed by atoms with van der Waals surface area (Å²) in [5.41, 5.74) is 3.20. The van der Waals surface area contributed by atoms with Crippen LogP contribution in [0.4, 0.5) is 4.39 Å². The third-order valence-corrected chi connectivity index (χ3v) is 3.86. The van der Waals surface area contributed by atoms with Crippen LogP contribution in [0.1, 0.15) is 22.7 Å². The average Bonchev–Trinajstić information content (AvgIpc) is 2.43. The zero-order valence-electron chi connectivity index (χ0n) is 11.7. The van der Waals surface area contributed by atoms with Gasteiger partial charge in [0.05, 0.1) is 17.6 Å². The van der Waals surface area contributed by atoms with Crippen LogP contribution in [0, 0.1) is 12.7 Å². The van der Waals surface area contributed by atoms with Crippen LogP contribution in [-0.2, 0) is 0 Å². The zero-order valence-corrected chi connectivity index (χ0v) is 13.3. The molecule has 2 nitrogen and oxygen atoms in total. The number of methoxy groups -OCH3 is 1. The number of benzene rings is 2. The van der Waals surface area contributed by atoms with Gasteiger partial charge in [-0.25, -0.2) is 4.39 Å². The van der Waals surface area contributed by atoms with E-state index in [0.717, 1.165) is 11.1 Å². The van der Waals surface area contributed by atoms with Crippen molar-refractivity contribution in [2.24, 2.45) is 0 Å². The molecule has 2 rings (SSSR count). The van der Waals surface area contributed by atoms with Gasteiger partial charge in [-0.05, 0) is 41.5 Å². The van der Waals surface area contributed by atoms with Crippen LogP contribution in [0.3, 0.4) is 0 Å². The second-order valence-electron chi connectivity index (χ2n) is 4.64. The number of halogens is 2. The lowest BCUT2D eigenvalue weighted by molar-refractivity contribution is 0.401. The predicted octanol–water partition coefficient (Wildman–Crippen LogP) is 4.21. The summed E-state index contributed by atoms with van der Waals surface area (Å²) in [6.07, 6.45) is 0. The van der Waals surface area contributed by atoms with Crippen LogP contribution in [0.25, 0.3) is 0 Å². The van der Waals surface area contributed by atoms with E-state index in [-0.39, 0.29) is 11.9 Å². The van der Waals surface area contributed by atoms with Crippen molar-refractivity contribution in [3.63, 3.8) is 0 Å². The number of ether oxygens (including phenoxy) is 1. The van der Waals surface area contributed by atoms with Gasteiger partial charge >= 0.3 is 0 Å². The van der Waals surface area contributed by atoms with E-state index in [9.17, 15) is 4.39 Å². The second kappa shape index (κ2) is 6.37. The number of nitrogens with one attached hydrogen (secondary N) is 1. The van der Waals surface area contributed by atoms with Crippen molar-refractivity contribution < 1.29 is 9.13 Å². The average molecular weight is 338 g/mol. The molecule has 0 fully saturated rings. The summed E-state index contributed by atoms with van der Waals surface area (Å²) in [7, 11) is 3.43. The Labute approximate surface area is 127 Å². The summed E-state index contributed by atoms with van der Waals surface area (Å²) in [5.74, 6) is 0.205. The first-order valence-electron chi connectivity index (χ1n) is 6.33. The van der Waals surface area contributed by atoms with Gasteiger partial charge in [-0.3, -0.25) is 0 Å². The molecule has 0 saturated carbocycles. The minimum atomic E-state index is -0.329. The highest BCUT2D eigenvalue weighted by Crippen LogP contribution is 2.34. The molecule has 0 aliphatic rings. The summed E-state index contributed by atoms with van der Waals surface area (Å²) in [4.78, 5) is 0. The zero-order chi connectivity index (χ0) is 14.7. The van der Waals surface area contributed by atoms with E-state index in [2.05, 4.69) is 27.3 Å². The Bertz CT molecular complexity index is 615. The highest BCUT2D eigenvalue weighted by Gasteiger charge is 2.19. The maximum Gasteiger partial charge on any atom is 0.141 e. The van der Waals surface area contributed by atoms with Gasteiger partial charge in [0.25, 0.3) is 0 Å². The van der Waals surface area contributed by atoms with Gasteiger partial charge < -0.3 is 10.1 Å². The molecule has 0 radical (unpaired) electrons. The van der Waals surface area contributed by atoms with Crippen molar-refractivity contribution in [3.05, 3.63) is 63.4 Å². The van der Waals surface area contributed by atoms with E-state index in [0.29, 0.717) is 10.2 Å². The maximum atomic E-state index is 13.6. The molecule has 0 bridgehead atoms. The van der Waals surface area contributed by atoms with Crippen LogP contribution >= 0.6 is 15.9 Å². The normalized spacial score (nSPS) is 12.2. The lowest BCUT2D eigenvalue weighted by Gasteiger charge is -2.21. The minimum absolute atomic E-state index is 0.0539. The summed E-state index contributed by atoms with van der Waals surface area (Å²) >= 11 is 3.24. The molecule has 1 atom stereocenters. The number of aryl methyl sites for hydroxylation is 1. The molecule has 106 valence electrons. The SMILES string of the molecule is CNC(c1cccc(C)c1)c1cc(Br)c(F)cc1OC. The molecule has 0 amide bonds. The van der Waals surface area contributed by atoms with Gasteiger partial charge in [-0.1, -0.05) is 29.8 Å². The first-order chi connectivity index (χ1) is 9.56. The molecule has 4 heteroatoms. The van der Waals surface area contributed by atoms with Crippen molar-refractivity contribution in [3.8, 4) is 5.75 Å². The lowest BCUT2D eigenvalue weighted by atomic mass is 9.96. The largest absolute Gasteiger partial charge is 0.496 e. The number of hydrogen-bond donors (Lipinski definition) is 1. The van der Waals surface area contributed by atoms with E-state index in [4.69, 9.17) is 4.74 Å². The van der Waals surface area contributed by atoms with E-state index in [1.165, 1.54) is 11.6 Å². The first kappa shape index (κ1) is 15.0. The molecule has 0 heterocycles. The van der Waals surface area contributed by atoms with Gasteiger partial charge in [-0.15, -0.1) is 0 Å².